The van der Waals surface area contributed by atoms with Crippen LogP contribution in [0.15, 0.2) is 29.2 Å². The smallest absolute Gasteiger partial charge is 0.178 e. The predicted octanol–water partition coefficient (Wildman–Crippen LogP) is 2.01. The normalized spacial score (nSPS) is 21.9. The van der Waals surface area contributed by atoms with Gasteiger partial charge in [-0.15, -0.1) is 0 Å². The molecule has 0 aromatic heterocycles. The zero-order valence-electron chi connectivity index (χ0n) is 12.0. The van der Waals surface area contributed by atoms with E-state index in [4.69, 9.17) is 14.2 Å². The molecule has 112 valence electrons. The SMILES string of the molecule is CCS(=O)(=O)c1cccc(OCC2COC(C)(C)O2)c1. The van der Waals surface area contributed by atoms with Gasteiger partial charge >= 0.3 is 0 Å². The maximum absolute atomic E-state index is 11.8. The zero-order chi connectivity index (χ0) is 14.8. The van der Waals surface area contributed by atoms with Crippen molar-refractivity contribution in [1.29, 1.82) is 0 Å². The number of sulfone groups is 1. The van der Waals surface area contributed by atoms with Crippen LogP contribution in [-0.2, 0) is 19.3 Å². The minimum absolute atomic E-state index is 0.0736. The average molecular weight is 300 g/mol. The lowest BCUT2D eigenvalue weighted by Crippen LogP contribution is -2.25. The average Bonchev–Trinajstić information content (AvgIpc) is 2.76. The van der Waals surface area contributed by atoms with Crippen LogP contribution < -0.4 is 4.74 Å². The van der Waals surface area contributed by atoms with Crippen molar-refractivity contribution < 1.29 is 22.6 Å². The largest absolute Gasteiger partial charge is 0.491 e. The quantitative estimate of drug-likeness (QED) is 0.832. The van der Waals surface area contributed by atoms with Gasteiger partial charge in [0.25, 0.3) is 0 Å². The number of benzene rings is 1. The second-order valence-electron chi connectivity index (χ2n) is 5.14. The molecule has 1 saturated heterocycles. The highest BCUT2D eigenvalue weighted by atomic mass is 32.2. The van der Waals surface area contributed by atoms with Gasteiger partial charge in [-0.3, -0.25) is 0 Å². The first kappa shape index (κ1) is 15.3. The third-order valence-electron chi connectivity index (χ3n) is 3.05. The molecule has 1 aromatic carbocycles. The van der Waals surface area contributed by atoms with Gasteiger partial charge in [0.2, 0.25) is 0 Å². The molecule has 1 aliphatic heterocycles. The minimum atomic E-state index is -3.21. The number of hydrogen-bond donors (Lipinski definition) is 0. The molecular formula is C14H20O5S. The van der Waals surface area contributed by atoms with Crippen LogP contribution in [0.2, 0.25) is 0 Å². The highest BCUT2D eigenvalue weighted by Crippen LogP contribution is 2.24. The van der Waals surface area contributed by atoms with Gasteiger partial charge in [-0.25, -0.2) is 8.42 Å². The van der Waals surface area contributed by atoms with Crippen LogP contribution in [0.25, 0.3) is 0 Å². The van der Waals surface area contributed by atoms with E-state index in [0.29, 0.717) is 19.0 Å². The van der Waals surface area contributed by atoms with Crippen LogP contribution >= 0.6 is 0 Å². The monoisotopic (exact) mass is 300 g/mol. The summed E-state index contributed by atoms with van der Waals surface area (Å²) >= 11 is 0. The Kier molecular flexibility index (Phi) is 4.36. The molecule has 6 heteroatoms. The van der Waals surface area contributed by atoms with E-state index < -0.39 is 15.6 Å². The summed E-state index contributed by atoms with van der Waals surface area (Å²) in [5.74, 6) is 0.0128. The molecular weight excluding hydrogens is 280 g/mol. The lowest BCUT2D eigenvalue weighted by Gasteiger charge is -2.17. The molecule has 0 saturated carbocycles. The summed E-state index contributed by atoms with van der Waals surface area (Å²) in [6.45, 7) is 6.12. The molecule has 0 bridgehead atoms. The van der Waals surface area contributed by atoms with E-state index in [2.05, 4.69) is 0 Å². The Bertz CT molecular complexity index is 565. The van der Waals surface area contributed by atoms with Gasteiger partial charge in [0.05, 0.1) is 17.3 Å². The Morgan fingerprint density at radius 2 is 2.15 bits per heavy atom. The molecule has 1 aromatic rings. The van der Waals surface area contributed by atoms with E-state index in [1.165, 1.54) is 0 Å². The van der Waals surface area contributed by atoms with Crippen molar-refractivity contribution in [2.75, 3.05) is 19.0 Å². The van der Waals surface area contributed by atoms with Gasteiger partial charge in [-0.1, -0.05) is 13.0 Å². The zero-order valence-corrected chi connectivity index (χ0v) is 12.8. The van der Waals surface area contributed by atoms with Crippen LogP contribution in [0.4, 0.5) is 0 Å². The van der Waals surface area contributed by atoms with E-state index in [9.17, 15) is 8.42 Å². The standard InChI is InChI=1S/C14H20O5S/c1-4-20(15,16)13-7-5-6-11(8-13)17-9-12-10-18-14(2,3)19-12/h5-8,12H,4,9-10H2,1-3H3. The first-order valence-electron chi connectivity index (χ1n) is 6.60. The Labute approximate surface area is 119 Å². The van der Waals surface area contributed by atoms with E-state index in [1.54, 1.807) is 31.2 Å². The third kappa shape index (κ3) is 3.71. The Morgan fingerprint density at radius 3 is 2.75 bits per heavy atom. The lowest BCUT2D eigenvalue weighted by atomic mass is 10.3. The van der Waals surface area contributed by atoms with Crippen molar-refractivity contribution in [3.8, 4) is 5.75 Å². The summed E-state index contributed by atoms with van der Waals surface area (Å²) in [5.41, 5.74) is 0. The first-order chi connectivity index (χ1) is 9.32. The second-order valence-corrected chi connectivity index (χ2v) is 7.42. The van der Waals surface area contributed by atoms with E-state index in [-0.39, 0.29) is 16.8 Å². The lowest BCUT2D eigenvalue weighted by molar-refractivity contribution is -0.141. The summed E-state index contributed by atoms with van der Waals surface area (Å²) in [7, 11) is -3.21. The van der Waals surface area contributed by atoms with Gasteiger partial charge < -0.3 is 14.2 Å². The van der Waals surface area contributed by atoms with E-state index >= 15 is 0 Å². The van der Waals surface area contributed by atoms with Gasteiger partial charge in [0.15, 0.2) is 15.6 Å². The number of rotatable bonds is 5. The molecule has 1 fully saturated rings. The summed E-state index contributed by atoms with van der Waals surface area (Å²) in [5, 5.41) is 0. The van der Waals surface area contributed by atoms with Crippen LogP contribution in [0, 0.1) is 0 Å². The Hall–Kier alpha value is -1.11. The summed E-state index contributed by atoms with van der Waals surface area (Å²) < 4.78 is 40.3. The fourth-order valence-corrected chi connectivity index (χ4v) is 2.87. The molecule has 1 heterocycles. The predicted molar refractivity (Wildman–Crippen MR) is 74.6 cm³/mol. The van der Waals surface area contributed by atoms with Gasteiger partial charge in [0, 0.05) is 0 Å². The van der Waals surface area contributed by atoms with Gasteiger partial charge in [-0.05, 0) is 32.0 Å². The van der Waals surface area contributed by atoms with Crippen LogP contribution in [0.3, 0.4) is 0 Å². The van der Waals surface area contributed by atoms with Crippen molar-refractivity contribution in [1.82, 2.24) is 0 Å². The third-order valence-corrected chi connectivity index (χ3v) is 4.78. The molecule has 0 aliphatic carbocycles. The molecule has 1 unspecified atom stereocenters. The van der Waals surface area contributed by atoms with Gasteiger partial charge in [0.1, 0.15) is 18.5 Å². The summed E-state index contributed by atoms with van der Waals surface area (Å²) in [6, 6.07) is 6.52. The number of ether oxygens (including phenoxy) is 3. The van der Waals surface area contributed by atoms with Crippen molar-refractivity contribution in [3.63, 3.8) is 0 Å². The van der Waals surface area contributed by atoms with E-state index in [0.717, 1.165) is 0 Å². The van der Waals surface area contributed by atoms with Crippen molar-refractivity contribution >= 4 is 9.84 Å². The molecule has 1 aliphatic rings. The fraction of sp³-hybridized carbons (Fsp3) is 0.571. The van der Waals surface area contributed by atoms with Crippen LogP contribution in [-0.4, -0.2) is 39.3 Å². The van der Waals surface area contributed by atoms with Crippen LogP contribution in [0.5, 0.6) is 5.75 Å². The minimum Gasteiger partial charge on any atom is -0.491 e. The first-order valence-corrected chi connectivity index (χ1v) is 8.25. The van der Waals surface area contributed by atoms with Crippen molar-refractivity contribution in [2.45, 2.75) is 37.6 Å². The molecule has 0 N–H and O–H groups in total. The highest BCUT2D eigenvalue weighted by Gasteiger charge is 2.32. The molecule has 5 nitrogen and oxygen atoms in total. The highest BCUT2D eigenvalue weighted by molar-refractivity contribution is 7.91. The molecule has 0 radical (unpaired) electrons. The van der Waals surface area contributed by atoms with Crippen molar-refractivity contribution in [2.24, 2.45) is 0 Å². The van der Waals surface area contributed by atoms with Crippen LogP contribution in [0.1, 0.15) is 20.8 Å². The van der Waals surface area contributed by atoms with E-state index in [1.807, 2.05) is 13.8 Å². The maximum Gasteiger partial charge on any atom is 0.178 e. The molecule has 20 heavy (non-hydrogen) atoms. The Morgan fingerprint density at radius 1 is 1.40 bits per heavy atom. The molecule has 1 atom stereocenters. The summed E-state index contributed by atoms with van der Waals surface area (Å²) in [4.78, 5) is 0.279. The molecule has 0 spiro atoms. The second kappa shape index (κ2) is 5.71. The molecule has 2 rings (SSSR count). The Balaban J connectivity index is 1.99. The fourth-order valence-electron chi connectivity index (χ4n) is 1.96. The molecule has 0 amide bonds. The maximum atomic E-state index is 11.8. The van der Waals surface area contributed by atoms with Crippen molar-refractivity contribution in [3.05, 3.63) is 24.3 Å². The van der Waals surface area contributed by atoms with Gasteiger partial charge in [-0.2, -0.15) is 0 Å². The summed E-state index contributed by atoms with van der Waals surface area (Å²) in [6.07, 6.45) is -0.142. The topological polar surface area (TPSA) is 61.8 Å². The number of hydrogen-bond acceptors (Lipinski definition) is 5.